The largest absolute Gasteiger partial charge is 0.480 e. The Bertz CT molecular complexity index is 435. The van der Waals surface area contributed by atoms with E-state index in [1.54, 1.807) is 6.92 Å². The van der Waals surface area contributed by atoms with Crippen molar-refractivity contribution in [1.82, 2.24) is 10.6 Å². The van der Waals surface area contributed by atoms with Crippen LogP contribution < -0.4 is 10.6 Å². The molecule has 1 fully saturated rings. The van der Waals surface area contributed by atoms with Crippen LogP contribution in [0.4, 0.5) is 0 Å². The number of aliphatic hydroxyl groups excluding tert-OH is 3. The number of hydrogen-bond acceptors (Lipinski definition) is 8. The molecule has 7 atom stereocenters. The number of amides is 1. The number of aliphatic hydroxyl groups is 3. The van der Waals surface area contributed by atoms with Crippen LogP contribution in [0.5, 0.6) is 0 Å². The highest BCUT2D eigenvalue weighted by Gasteiger charge is 2.46. The highest BCUT2D eigenvalue weighted by molar-refractivity contribution is 5.73. The Morgan fingerprint density at radius 2 is 1.92 bits per heavy atom. The van der Waals surface area contributed by atoms with E-state index in [1.807, 2.05) is 0 Å². The average molecular weight is 350 g/mol. The molecule has 1 aliphatic heterocycles. The molecular formula is C14H26N2O8. The highest BCUT2D eigenvalue weighted by atomic mass is 16.6. The maximum Gasteiger partial charge on any atom is 0.320 e. The summed E-state index contributed by atoms with van der Waals surface area (Å²) in [4.78, 5) is 22.1. The summed E-state index contributed by atoms with van der Waals surface area (Å²) < 4.78 is 10.7. The van der Waals surface area contributed by atoms with E-state index in [0.717, 1.165) is 0 Å². The van der Waals surface area contributed by atoms with Gasteiger partial charge in [-0.15, -0.1) is 0 Å². The van der Waals surface area contributed by atoms with Crippen LogP contribution in [0.25, 0.3) is 0 Å². The molecule has 0 spiro atoms. The van der Waals surface area contributed by atoms with Crippen LogP contribution in [0.2, 0.25) is 0 Å². The number of carboxylic acid groups (broad SMARTS) is 1. The number of carboxylic acids is 1. The SMILES string of the molecule is CC(=O)N[C@@H]1[C@@H](OC(C)CN[C@@H](C)C(=O)O)[C@H](O)[C@@H](CO)O[C@@H]1O. The number of hydrogen-bond donors (Lipinski definition) is 6. The van der Waals surface area contributed by atoms with Gasteiger partial charge in [0.25, 0.3) is 0 Å². The van der Waals surface area contributed by atoms with Crippen molar-refractivity contribution >= 4 is 11.9 Å². The zero-order valence-corrected chi connectivity index (χ0v) is 13.9. The minimum Gasteiger partial charge on any atom is -0.480 e. The first kappa shape index (κ1) is 20.7. The second kappa shape index (κ2) is 9.25. The predicted molar refractivity (Wildman–Crippen MR) is 81.0 cm³/mol. The molecule has 10 nitrogen and oxygen atoms in total. The maximum atomic E-state index is 11.3. The fourth-order valence-electron chi connectivity index (χ4n) is 2.38. The van der Waals surface area contributed by atoms with Gasteiger partial charge in [-0.05, 0) is 13.8 Å². The Labute approximate surface area is 139 Å². The molecule has 0 radical (unpaired) electrons. The Morgan fingerprint density at radius 3 is 2.42 bits per heavy atom. The molecule has 0 saturated carbocycles. The number of ether oxygens (including phenoxy) is 2. The lowest BCUT2D eigenvalue weighted by atomic mass is 9.96. The summed E-state index contributed by atoms with van der Waals surface area (Å²) in [5, 5.41) is 43.5. The third-order valence-electron chi connectivity index (χ3n) is 3.71. The minimum atomic E-state index is -1.46. The third kappa shape index (κ3) is 5.65. The van der Waals surface area contributed by atoms with Gasteiger partial charge in [-0.1, -0.05) is 0 Å². The smallest absolute Gasteiger partial charge is 0.320 e. The summed E-state index contributed by atoms with van der Waals surface area (Å²) in [6.07, 6.45) is -5.38. The normalized spacial score (nSPS) is 32.8. The summed E-state index contributed by atoms with van der Waals surface area (Å²) in [6.45, 7) is 4.00. The van der Waals surface area contributed by atoms with Gasteiger partial charge in [0, 0.05) is 13.5 Å². The first-order valence-electron chi connectivity index (χ1n) is 7.68. The molecule has 0 aromatic rings. The Balaban J connectivity index is 2.75. The number of carbonyl (C=O) groups excluding carboxylic acids is 1. The maximum absolute atomic E-state index is 11.3. The fraction of sp³-hybridized carbons (Fsp3) is 0.857. The van der Waals surface area contributed by atoms with E-state index in [9.17, 15) is 24.9 Å². The van der Waals surface area contributed by atoms with Crippen LogP contribution in [0.15, 0.2) is 0 Å². The van der Waals surface area contributed by atoms with Gasteiger partial charge in [0.1, 0.15) is 30.4 Å². The van der Waals surface area contributed by atoms with E-state index in [1.165, 1.54) is 13.8 Å². The molecule has 24 heavy (non-hydrogen) atoms. The van der Waals surface area contributed by atoms with Crippen molar-refractivity contribution in [2.24, 2.45) is 0 Å². The number of rotatable bonds is 8. The molecular weight excluding hydrogens is 324 g/mol. The van der Waals surface area contributed by atoms with E-state index >= 15 is 0 Å². The van der Waals surface area contributed by atoms with Gasteiger partial charge in [0.2, 0.25) is 5.91 Å². The number of carbonyl (C=O) groups is 2. The van der Waals surface area contributed by atoms with Gasteiger partial charge in [-0.25, -0.2) is 0 Å². The molecule has 140 valence electrons. The second-order valence-electron chi connectivity index (χ2n) is 5.84. The zero-order valence-electron chi connectivity index (χ0n) is 13.9. The highest BCUT2D eigenvalue weighted by Crippen LogP contribution is 2.23. The van der Waals surface area contributed by atoms with E-state index in [0.29, 0.717) is 0 Å². The second-order valence-corrected chi connectivity index (χ2v) is 5.84. The fourth-order valence-corrected chi connectivity index (χ4v) is 2.38. The van der Waals surface area contributed by atoms with E-state index in [-0.39, 0.29) is 6.54 Å². The Morgan fingerprint density at radius 1 is 1.29 bits per heavy atom. The molecule has 1 saturated heterocycles. The molecule has 1 amide bonds. The van der Waals surface area contributed by atoms with Gasteiger partial charge >= 0.3 is 5.97 Å². The molecule has 1 rings (SSSR count). The minimum absolute atomic E-state index is 0.171. The molecule has 0 aliphatic carbocycles. The van der Waals surface area contributed by atoms with Crippen LogP contribution >= 0.6 is 0 Å². The lowest BCUT2D eigenvalue weighted by Gasteiger charge is -2.43. The summed E-state index contributed by atoms with van der Waals surface area (Å²) in [7, 11) is 0. The summed E-state index contributed by atoms with van der Waals surface area (Å²) >= 11 is 0. The van der Waals surface area contributed by atoms with Crippen molar-refractivity contribution in [2.45, 2.75) is 63.6 Å². The van der Waals surface area contributed by atoms with E-state index in [2.05, 4.69) is 10.6 Å². The molecule has 1 unspecified atom stereocenters. The number of aliphatic carboxylic acids is 1. The van der Waals surface area contributed by atoms with Crippen molar-refractivity contribution < 1.29 is 39.5 Å². The molecule has 0 aromatic carbocycles. The van der Waals surface area contributed by atoms with Crippen LogP contribution in [0.3, 0.4) is 0 Å². The molecule has 6 N–H and O–H groups in total. The molecule has 0 bridgehead atoms. The molecule has 0 aromatic heterocycles. The van der Waals surface area contributed by atoms with Gasteiger partial charge in [-0.3, -0.25) is 9.59 Å². The molecule has 10 heteroatoms. The number of nitrogens with one attached hydrogen (secondary N) is 2. The van der Waals surface area contributed by atoms with Gasteiger partial charge in [0.05, 0.1) is 12.7 Å². The predicted octanol–water partition coefficient (Wildman–Crippen LogP) is -2.60. The topological polar surface area (TPSA) is 158 Å². The van der Waals surface area contributed by atoms with Crippen molar-refractivity contribution in [3.8, 4) is 0 Å². The summed E-state index contributed by atoms with van der Waals surface area (Å²) in [6, 6.07) is -1.81. The Kier molecular flexibility index (Phi) is 8.00. The average Bonchev–Trinajstić information content (AvgIpc) is 2.51. The lowest BCUT2D eigenvalue weighted by molar-refractivity contribution is -0.267. The molecule has 1 heterocycles. The van der Waals surface area contributed by atoms with Crippen molar-refractivity contribution in [3.63, 3.8) is 0 Å². The van der Waals surface area contributed by atoms with Crippen molar-refractivity contribution in [2.75, 3.05) is 13.2 Å². The van der Waals surface area contributed by atoms with Crippen LogP contribution in [0.1, 0.15) is 20.8 Å². The first-order chi connectivity index (χ1) is 11.2. The summed E-state index contributed by atoms with van der Waals surface area (Å²) in [5.74, 6) is -1.46. The Hall–Kier alpha value is -1.30. The van der Waals surface area contributed by atoms with Crippen LogP contribution in [-0.4, -0.2) is 88.2 Å². The zero-order chi connectivity index (χ0) is 18.4. The standard InChI is InChI=1S/C14H26N2O8/c1-6(4-15-7(2)13(20)21)23-12-10(16-8(3)18)14(22)24-9(5-17)11(12)19/h6-7,9-12,14-15,17,19,22H,4-5H2,1-3H3,(H,16,18)(H,20,21)/t6?,7-,9+,10+,11+,12+,14-/m0/s1. The summed E-state index contributed by atoms with van der Waals surface area (Å²) in [5.41, 5.74) is 0. The van der Waals surface area contributed by atoms with Crippen LogP contribution in [0, 0.1) is 0 Å². The van der Waals surface area contributed by atoms with Gasteiger partial charge < -0.3 is 40.5 Å². The van der Waals surface area contributed by atoms with E-state index < -0.39 is 61.3 Å². The van der Waals surface area contributed by atoms with Gasteiger partial charge in [-0.2, -0.15) is 0 Å². The quantitative estimate of drug-likeness (QED) is 0.276. The monoisotopic (exact) mass is 350 g/mol. The van der Waals surface area contributed by atoms with Gasteiger partial charge in [0.15, 0.2) is 6.29 Å². The van der Waals surface area contributed by atoms with Crippen LogP contribution in [-0.2, 0) is 19.1 Å². The third-order valence-corrected chi connectivity index (χ3v) is 3.71. The van der Waals surface area contributed by atoms with Crippen molar-refractivity contribution in [3.05, 3.63) is 0 Å². The molecule has 1 aliphatic rings. The van der Waals surface area contributed by atoms with E-state index in [4.69, 9.17) is 14.6 Å². The van der Waals surface area contributed by atoms with Crippen molar-refractivity contribution in [1.29, 1.82) is 0 Å². The first-order valence-corrected chi connectivity index (χ1v) is 7.68. The lowest BCUT2D eigenvalue weighted by Crippen LogP contribution is -2.65.